The molecule has 2 unspecified atom stereocenters. The predicted octanol–water partition coefficient (Wildman–Crippen LogP) is 2.30. The normalized spacial score (nSPS) is 15.1. The van der Waals surface area contributed by atoms with E-state index in [1.165, 1.54) is 12.8 Å². The Morgan fingerprint density at radius 2 is 2.00 bits per heavy atom. The second-order valence-electron chi connectivity index (χ2n) is 3.84. The summed E-state index contributed by atoms with van der Waals surface area (Å²) < 4.78 is 0. The molecule has 0 aliphatic carbocycles. The fourth-order valence-corrected chi connectivity index (χ4v) is 1.65. The van der Waals surface area contributed by atoms with E-state index in [4.69, 9.17) is 5.73 Å². The molecule has 2 atom stereocenters. The van der Waals surface area contributed by atoms with Crippen LogP contribution in [0, 0.1) is 5.92 Å². The van der Waals surface area contributed by atoms with Gasteiger partial charge in [-0.05, 0) is 18.4 Å². The van der Waals surface area contributed by atoms with Crippen molar-refractivity contribution >= 4 is 0 Å². The van der Waals surface area contributed by atoms with E-state index >= 15 is 0 Å². The van der Waals surface area contributed by atoms with Crippen molar-refractivity contribution in [3.8, 4) is 0 Å². The van der Waals surface area contributed by atoms with Crippen LogP contribution in [0.5, 0.6) is 0 Å². The molecule has 0 radical (unpaired) electrons. The topological polar surface area (TPSA) is 51.8 Å². The van der Waals surface area contributed by atoms with Crippen LogP contribution in [0.3, 0.4) is 0 Å². The van der Waals surface area contributed by atoms with E-state index in [0.29, 0.717) is 5.92 Å². The van der Waals surface area contributed by atoms with Crippen LogP contribution in [0.1, 0.15) is 45.0 Å². The molecule has 0 amide bonds. The Bertz CT molecular complexity index is 248. The van der Waals surface area contributed by atoms with Crippen molar-refractivity contribution in [2.45, 2.75) is 39.2 Å². The highest BCUT2D eigenvalue weighted by Gasteiger charge is 2.12. The Balaban J connectivity index is 2.46. The van der Waals surface area contributed by atoms with Crippen LogP contribution in [0.15, 0.2) is 18.5 Å². The molecule has 0 spiro atoms. The van der Waals surface area contributed by atoms with Gasteiger partial charge in [-0.2, -0.15) is 0 Å². The second kappa shape index (κ2) is 5.70. The van der Waals surface area contributed by atoms with E-state index < -0.39 is 0 Å². The molecule has 0 bridgehead atoms. The molecule has 1 rings (SSSR count). The minimum absolute atomic E-state index is 0.0160. The smallest absolute Gasteiger partial charge is 0.144 e. The van der Waals surface area contributed by atoms with Crippen LogP contribution < -0.4 is 5.73 Å². The van der Waals surface area contributed by atoms with Gasteiger partial charge in [0.15, 0.2) is 0 Å². The summed E-state index contributed by atoms with van der Waals surface area (Å²) in [5.74, 6) is 1.41. The Labute approximate surface area is 85.8 Å². The third-order valence-corrected chi connectivity index (χ3v) is 2.36. The van der Waals surface area contributed by atoms with Crippen molar-refractivity contribution in [2.75, 3.05) is 0 Å². The summed E-state index contributed by atoms with van der Waals surface area (Å²) in [4.78, 5) is 8.31. The summed E-state index contributed by atoms with van der Waals surface area (Å²) in [6, 6.07) is 1.80. The summed E-state index contributed by atoms with van der Waals surface area (Å²) >= 11 is 0. The molecule has 0 saturated heterocycles. The van der Waals surface area contributed by atoms with Crippen LogP contribution in [-0.2, 0) is 0 Å². The third-order valence-electron chi connectivity index (χ3n) is 2.36. The zero-order chi connectivity index (χ0) is 10.4. The molecular formula is C11H19N3. The number of nitrogens with two attached hydrogens (primary N) is 1. The maximum Gasteiger partial charge on any atom is 0.144 e. The SMILES string of the molecule is CCCC(C)CC(N)c1ncccn1. The zero-order valence-electron chi connectivity index (χ0n) is 8.98. The summed E-state index contributed by atoms with van der Waals surface area (Å²) in [5.41, 5.74) is 6.00. The third kappa shape index (κ3) is 3.42. The number of hydrogen-bond donors (Lipinski definition) is 1. The monoisotopic (exact) mass is 193 g/mol. The molecule has 1 heterocycles. The maximum atomic E-state index is 6.00. The molecule has 78 valence electrons. The van der Waals surface area contributed by atoms with Crippen molar-refractivity contribution in [3.63, 3.8) is 0 Å². The van der Waals surface area contributed by atoms with Crippen molar-refractivity contribution < 1.29 is 0 Å². The average Bonchev–Trinajstić information content (AvgIpc) is 2.19. The first-order valence-electron chi connectivity index (χ1n) is 5.26. The van der Waals surface area contributed by atoms with Gasteiger partial charge in [-0.25, -0.2) is 9.97 Å². The maximum absolute atomic E-state index is 6.00. The van der Waals surface area contributed by atoms with Gasteiger partial charge in [-0.15, -0.1) is 0 Å². The minimum atomic E-state index is -0.0160. The highest BCUT2D eigenvalue weighted by Crippen LogP contribution is 2.18. The van der Waals surface area contributed by atoms with Gasteiger partial charge in [0, 0.05) is 12.4 Å². The average molecular weight is 193 g/mol. The van der Waals surface area contributed by atoms with Gasteiger partial charge in [0.2, 0.25) is 0 Å². The number of hydrogen-bond acceptors (Lipinski definition) is 3. The van der Waals surface area contributed by atoms with Gasteiger partial charge in [-0.1, -0.05) is 26.7 Å². The Hall–Kier alpha value is -0.960. The number of aromatic nitrogens is 2. The summed E-state index contributed by atoms with van der Waals surface area (Å²) in [6.45, 7) is 4.42. The predicted molar refractivity (Wildman–Crippen MR) is 57.6 cm³/mol. The molecule has 0 aliphatic rings. The lowest BCUT2D eigenvalue weighted by Gasteiger charge is -2.15. The summed E-state index contributed by atoms with van der Waals surface area (Å²) in [5, 5.41) is 0. The molecule has 0 fully saturated rings. The van der Waals surface area contributed by atoms with Crippen LogP contribution >= 0.6 is 0 Å². The van der Waals surface area contributed by atoms with E-state index in [1.807, 2.05) is 6.07 Å². The summed E-state index contributed by atoms with van der Waals surface area (Å²) in [6.07, 6.45) is 6.89. The first-order valence-corrected chi connectivity index (χ1v) is 5.26. The highest BCUT2D eigenvalue weighted by molar-refractivity contribution is 4.94. The van der Waals surface area contributed by atoms with Crippen LogP contribution in [0.2, 0.25) is 0 Å². The standard InChI is InChI=1S/C11H19N3/c1-3-5-9(2)8-10(12)11-13-6-4-7-14-11/h4,6-7,9-10H,3,5,8,12H2,1-2H3. The highest BCUT2D eigenvalue weighted by atomic mass is 14.9. The zero-order valence-corrected chi connectivity index (χ0v) is 8.98. The Morgan fingerprint density at radius 1 is 1.36 bits per heavy atom. The lowest BCUT2D eigenvalue weighted by Crippen LogP contribution is -2.16. The fourth-order valence-electron chi connectivity index (χ4n) is 1.65. The largest absolute Gasteiger partial charge is 0.321 e. The molecule has 2 N–H and O–H groups in total. The van der Waals surface area contributed by atoms with E-state index in [-0.39, 0.29) is 6.04 Å². The molecule has 1 aromatic heterocycles. The van der Waals surface area contributed by atoms with Gasteiger partial charge >= 0.3 is 0 Å². The number of nitrogens with zero attached hydrogens (tertiary/aromatic N) is 2. The molecular weight excluding hydrogens is 174 g/mol. The molecule has 1 aromatic rings. The van der Waals surface area contributed by atoms with E-state index in [0.717, 1.165) is 12.2 Å². The van der Waals surface area contributed by atoms with Crippen LogP contribution in [-0.4, -0.2) is 9.97 Å². The van der Waals surface area contributed by atoms with Crippen LogP contribution in [0.4, 0.5) is 0 Å². The van der Waals surface area contributed by atoms with Crippen molar-refractivity contribution in [1.29, 1.82) is 0 Å². The molecule has 0 aromatic carbocycles. The van der Waals surface area contributed by atoms with E-state index in [9.17, 15) is 0 Å². The first-order chi connectivity index (χ1) is 6.74. The van der Waals surface area contributed by atoms with Crippen molar-refractivity contribution in [2.24, 2.45) is 11.7 Å². The van der Waals surface area contributed by atoms with Gasteiger partial charge in [-0.3, -0.25) is 0 Å². The van der Waals surface area contributed by atoms with E-state index in [2.05, 4.69) is 23.8 Å². The molecule has 3 nitrogen and oxygen atoms in total. The van der Waals surface area contributed by atoms with Gasteiger partial charge in [0.1, 0.15) is 5.82 Å². The van der Waals surface area contributed by atoms with Gasteiger partial charge in [0.05, 0.1) is 6.04 Å². The molecule has 0 aliphatic heterocycles. The quantitative estimate of drug-likeness (QED) is 0.780. The minimum Gasteiger partial charge on any atom is -0.321 e. The Morgan fingerprint density at radius 3 is 2.57 bits per heavy atom. The molecule has 0 saturated carbocycles. The second-order valence-corrected chi connectivity index (χ2v) is 3.84. The van der Waals surface area contributed by atoms with Gasteiger partial charge in [0.25, 0.3) is 0 Å². The molecule has 3 heteroatoms. The van der Waals surface area contributed by atoms with Crippen LogP contribution in [0.25, 0.3) is 0 Å². The lowest BCUT2D eigenvalue weighted by atomic mass is 9.97. The van der Waals surface area contributed by atoms with Gasteiger partial charge < -0.3 is 5.73 Å². The van der Waals surface area contributed by atoms with Crippen molar-refractivity contribution in [3.05, 3.63) is 24.3 Å². The van der Waals surface area contributed by atoms with Crippen molar-refractivity contribution in [1.82, 2.24) is 9.97 Å². The fraction of sp³-hybridized carbons (Fsp3) is 0.636. The van der Waals surface area contributed by atoms with E-state index in [1.54, 1.807) is 12.4 Å². The summed E-state index contributed by atoms with van der Waals surface area (Å²) in [7, 11) is 0. The molecule has 14 heavy (non-hydrogen) atoms. The Kier molecular flexibility index (Phi) is 4.53. The number of rotatable bonds is 5. The first kappa shape index (κ1) is 11.1. The lowest BCUT2D eigenvalue weighted by molar-refractivity contribution is 0.430.